The third kappa shape index (κ3) is 4.37. The van der Waals surface area contributed by atoms with Crippen LogP contribution in [0, 0.1) is 0 Å². The first kappa shape index (κ1) is 15.6. The minimum Gasteiger partial charge on any atom is -0.488 e. The van der Waals surface area contributed by atoms with Crippen LogP contribution in [0.5, 0.6) is 5.75 Å². The van der Waals surface area contributed by atoms with Crippen LogP contribution in [0.1, 0.15) is 39.0 Å². The Morgan fingerprint density at radius 1 is 1.40 bits per heavy atom. The normalized spacial score (nSPS) is 26.4. The van der Waals surface area contributed by atoms with Crippen molar-refractivity contribution < 1.29 is 9.84 Å². The second kappa shape index (κ2) is 7.87. The third-order valence-electron chi connectivity index (χ3n) is 3.82. The Hall–Kier alpha value is -0.770. The number of hydrogen-bond acceptors (Lipinski definition) is 3. The summed E-state index contributed by atoms with van der Waals surface area (Å²) >= 11 is 5.96. The van der Waals surface area contributed by atoms with Crippen molar-refractivity contribution in [2.24, 2.45) is 0 Å². The number of ether oxygens (including phenoxy) is 1. The van der Waals surface area contributed by atoms with E-state index in [1.165, 1.54) is 0 Å². The van der Waals surface area contributed by atoms with Crippen molar-refractivity contribution in [2.45, 2.75) is 57.3 Å². The molecule has 112 valence electrons. The second-order valence-corrected chi connectivity index (χ2v) is 5.89. The molecule has 0 aliphatic heterocycles. The first-order valence-corrected chi connectivity index (χ1v) is 7.92. The van der Waals surface area contributed by atoms with Gasteiger partial charge in [0.15, 0.2) is 0 Å². The lowest BCUT2D eigenvalue weighted by Crippen LogP contribution is -2.51. The van der Waals surface area contributed by atoms with Crippen molar-refractivity contribution in [1.82, 2.24) is 5.32 Å². The average molecular weight is 298 g/mol. The van der Waals surface area contributed by atoms with E-state index in [9.17, 15) is 5.11 Å². The van der Waals surface area contributed by atoms with Gasteiger partial charge in [0.25, 0.3) is 0 Å². The number of halogens is 1. The summed E-state index contributed by atoms with van der Waals surface area (Å²) in [6.45, 7) is 3.13. The molecule has 1 aromatic carbocycles. The summed E-state index contributed by atoms with van der Waals surface area (Å²) in [5.74, 6) is 0.732. The van der Waals surface area contributed by atoms with Crippen molar-refractivity contribution in [3.05, 3.63) is 29.3 Å². The minimum atomic E-state index is -0.459. The molecule has 1 fully saturated rings. The number of unbranched alkanes of at least 4 members (excludes halogenated alkanes) is 1. The topological polar surface area (TPSA) is 41.5 Å². The molecule has 1 aliphatic carbocycles. The van der Waals surface area contributed by atoms with Crippen LogP contribution >= 0.6 is 11.6 Å². The van der Waals surface area contributed by atoms with E-state index in [1.54, 1.807) is 6.07 Å². The van der Waals surface area contributed by atoms with Crippen LogP contribution in [0.4, 0.5) is 0 Å². The number of aliphatic hydroxyl groups is 1. The smallest absolute Gasteiger partial charge is 0.126 e. The fourth-order valence-corrected chi connectivity index (χ4v) is 2.85. The molecule has 3 atom stereocenters. The molecule has 1 aromatic rings. The standard InChI is InChI=1S/C16H24ClNO2/c1-2-3-10-18-14-8-5-9-15(16(14)19)20-13-7-4-6-12(17)11-13/h4,6-7,11,14-16,18-19H,2-3,5,8-10H2,1H3/t14-,15+,16+/m0/s1. The molecule has 0 bridgehead atoms. The summed E-state index contributed by atoms with van der Waals surface area (Å²) in [6, 6.07) is 7.50. The van der Waals surface area contributed by atoms with Crippen LogP contribution in [0.3, 0.4) is 0 Å². The molecule has 1 aliphatic rings. The molecule has 4 heteroatoms. The van der Waals surface area contributed by atoms with Gasteiger partial charge in [-0.2, -0.15) is 0 Å². The van der Waals surface area contributed by atoms with E-state index in [-0.39, 0.29) is 12.1 Å². The first-order valence-electron chi connectivity index (χ1n) is 7.54. The molecule has 2 N–H and O–H groups in total. The van der Waals surface area contributed by atoms with Crippen LogP contribution in [-0.4, -0.2) is 29.9 Å². The van der Waals surface area contributed by atoms with Crippen molar-refractivity contribution in [3.8, 4) is 5.75 Å². The van der Waals surface area contributed by atoms with Crippen molar-refractivity contribution in [1.29, 1.82) is 0 Å². The Morgan fingerprint density at radius 3 is 3.00 bits per heavy atom. The molecule has 2 rings (SSSR count). The molecular weight excluding hydrogens is 274 g/mol. The van der Waals surface area contributed by atoms with Gasteiger partial charge >= 0.3 is 0 Å². The van der Waals surface area contributed by atoms with E-state index in [4.69, 9.17) is 16.3 Å². The van der Waals surface area contributed by atoms with Gasteiger partial charge in [-0.15, -0.1) is 0 Å². The van der Waals surface area contributed by atoms with Crippen molar-refractivity contribution in [2.75, 3.05) is 6.54 Å². The molecule has 0 spiro atoms. The third-order valence-corrected chi connectivity index (χ3v) is 4.05. The zero-order chi connectivity index (χ0) is 14.4. The van der Waals surface area contributed by atoms with Gasteiger partial charge in [0.2, 0.25) is 0 Å². The van der Waals surface area contributed by atoms with Crippen molar-refractivity contribution in [3.63, 3.8) is 0 Å². The summed E-state index contributed by atoms with van der Waals surface area (Å²) in [6.07, 6.45) is 4.67. The fraction of sp³-hybridized carbons (Fsp3) is 0.625. The summed E-state index contributed by atoms with van der Waals surface area (Å²) < 4.78 is 5.91. The Labute approximate surface area is 126 Å². The highest BCUT2D eigenvalue weighted by Gasteiger charge is 2.32. The second-order valence-electron chi connectivity index (χ2n) is 5.45. The highest BCUT2D eigenvalue weighted by molar-refractivity contribution is 6.30. The Balaban J connectivity index is 1.90. The van der Waals surface area contributed by atoms with E-state index in [1.807, 2.05) is 18.2 Å². The van der Waals surface area contributed by atoms with Gasteiger partial charge < -0.3 is 15.2 Å². The first-order chi connectivity index (χ1) is 9.70. The van der Waals surface area contributed by atoms with Gasteiger partial charge in [-0.05, 0) is 50.4 Å². The minimum absolute atomic E-state index is 0.138. The monoisotopic (exact) mass is 297 g/mol. The van der Waals surface area contributed by atoms with Gasteiger partial charge in [0, 0.05) is 11.1 Å². The molecule has 0 aromatic heterocycles. The zero-order valence-electron chi connectivity index (χ0n) is 12.0. The summed E-state index contributed by atoms with van der Waals surface area (Å²) in [5, 5.41) is 14.5. The molecule has 0 saturated heterocycles. The Morgan fingerprint density at radius 2 is 2.25 bits per heavy atom. The highest BCUT2D eigenvalue weighted by Crippen LogP contribution is 2.26. The van der Waals surface area contributed by atoms with Crippen LogP contribution < -0.4 is 10.1 Å². The molecule has 1 saturated carbocycles. The van der Waals surface area contributed by atoms with E-state index < -0.39 is 6.10 Å². The lowest BCUT2D eigenvalue weighted by molar-refractivity contribution is -0.0152. The predicted molar refractivity (Wildman–Crippen MR) is 82.4 cm³/mol. The number of benzene rings is 1. The van der Waals surface area contributed by atoms with Crippen LogP contribution in [0.15, 0.2) is 24.3 Å². The van der Waals surface area contributed by atoms with Crippen LogP contribution in [-0.2, 0) is 0 Å². The maximum atomic E-state index is 10.4. The maximum Gasteiger partial charge on any atom is 0.126 e. The largest absolute Gasteiger partial charge is 0.488 e. The maximum absolute atomic E-state index is 10.4. The number of aliphatic hydroxyl groups excluding tert-OH is 1. The van der Waals surface area contributed by atoms with Crippen LogP contribution in [0.2, 0.25) is 5.02 Å². The molecule has 0 unspecified atom stereocenters. The van der Waals surface area contributed by atoms with E-state index >= 15 is 0 Å². The predicted octanol–water partition coefficient (Wildman–Crippen LogP) is 3.39. The van der Waals surface area contributed by atoms with E-state index in [0.29, 0.717) is 5.02 Å². The summed E-state index contributed by atoms with van der Waals surface area (Å²) in [5.41, 5.74) is 0. The lowest BCUT2D eigenvalue weighted by atomic mass is 9.89. The van der Waals surface area contributed by atoms with Crippen molar-refractivity contribution >= 4 is 11.6 Å². The molecule has 0 amide bonds. The van der Waals surface area contributed by atoms with Gasteiger partial charge in [-0.25, -0.2) is 0 Å². The van der Waals surface area contributed by atoms with Gasteiger partial charge in [0.05, 0.1) is 0 Å². The van der Waals surface area contributed by atoms with E-state index in [0.717, 1.165) is 44.4 Å². The summed E-state index contributed by atoms with van der Waals surface area (Å²) in [7, 11) is 0. The average Bonchev–Trinajstić information content (AvgIpc) is 2.43. The molecule has 3 nitrogen and oxygen atoms in total. The molecule has 20 heavy (non-hydrogen) atoms. The van der Waals surface area contributed by atoms with E-state index in [2.05, 4.69) is 12.2 Å². The zero-order valence-corrected chi connectivity index (χ0v) is 12.8. The number of hydrogen-bond donors (Lipinski definition) is 2. The number of nitrogens with one attached hydrogen (secondary N) is 1. The molecular formula is C16H24ClNO2. The molecule has 0 radical (unpaired) electrons. The quantitative estimate of drug-likeness (QED) is 0.791. The fourth-order valence-electron chi connectivity index (χ4n) is 2.67. The molecule has 0 heterocycles. The Kier molecular flexibility index (Phi) is 6.14. The van der Waals surface area contributed by atoms with Gasteiger partial charge in [0.1, 0.15) is 18.0 Å². The SMILES string of the molecule is CCCCN[C@H]1CCC[C@@H](Oc2cccc(Cl)c2)[C@@H]1O. The number of rotatable bonds is 6. The van der Waals surface area contributed by atoms with Gasteiger partial charge in [-0.3, -0.25) is 0 Å². The van der Waals surface area contributed by atoms with Gasteiger partial charge in [-0.1, -0.05) is 31.0 Å². The highest BCUT2D eigenvalue weighted by atomic mass is 35.5. The lowest BCUT2D eigenvalue weighted by Gasteiger charge is -2.35. The van der Waals surface area contributed by atoms with Crippen LogP contribution in [0.25, 0.3) is 0 Å². The summed E-state index contributed by atoms with van der Waals surface area (Å²) in [4.78, 5) is 0. The Bertz CT molecular complexity index is 413.